The molecule has 4 aromatic rings. The summed E-state index contributed by atoms with van der Waals surface area (Å²) in [5, 5.41) is 3.03. The highest BCUT2D eigenvalue weighted by atomic mass is 35.5. The van der Waals surface area contributed by atoms with E-state index in [2.05, 4.69) is 5.32 Å². The highest BCUT2D eigenvalue weighted by molar-refractivity contribution is 7.92. The highest BCUT2D eigenvalue weighted by Crippen LogP contribution is 2.26. The molecule has 1 N–H and O–H groups in total. The third kappa shape index (κ3) is 7.31. The fourth-order valence-electron chi connectivity index (χ4n) is 4.39. The van der Waals surface area contributed by atoms with E-state index >= 15 is 0 Å². The number of halogens is 2. The number of carbonyl (C=O) groups excluding carboxylic acids is 2. The lowest BCUT2D eigenvalue weighted by Gasteiger charge is -2.33. The quantitative estimate of drug-likeness (QED) is 0.263. The Hall–Kier alpha value is -4.21. The second-order valence-corrected chi connectivity index (χ2v) is 11.5. The van der Waals surface area contributed by atoms with Crippen molar-refractivity contribution < 1.29 is 22.4 Å². The lowest BCUT2D eigenvalue weighted by Crippen LogP contribution is -2.53. The number of anilines is 1. The van der Waals surface area contributed by atoms with Gasteiger partial charge < -0.3 is 10.2 Å². The van der Waals surface area contributed by atoms with Crippen LogP contribution >= 0.6 is 11.6 Å². The lowest BCUT2D eigenvalue weighted by atomic mass is 10.0. The van der Waals surface area contributed by atoms with Crippen LogP contribution < -0.4 is 9.62 Å². The molecule has 7 nitrogen and oxygen atoms in total. The second-order valence-electron chi connectivity index (χ2n) is 9.23. The normalized spacial score (nSPS) is 11.9. The third-order valence-corrected chi connectivity index (χ3v) is 8.70. The highest BCUT2D eigenvalue weighted by Gasteiger charge is 2.34. The molecule has 212 valence electrons. The minimum absolute atomic E-state index is 0.0399. The summed E-state index contributed by atoms with van der Waals surface area (Å²) in [5.41, 5.74) is 1.50. The van der Waals surface area contributed by atoms with Crippen molar-refractivity contribution in [1.82, 2.24) is 10.2 Å². The molecule has 0 heterocycles. The van der Waals surface area contributed by atoms with Gasteiger partial charge in [0.25, 0.3) is 10.0 Å². The molecular weight excluding hydrogens is 565 g/mol. The van der Waals surface area contributed by atoms with Crippen LogP contribution in [0.2, 0.25) is 5.02 Å². The van der Waals surface area contributed by atoms with Gasteiger partial charge in [-0.1, -0.05) is 78.3 Å². The molecule has 41 heavy (non-hydrogen) atoms. The summed E-state index contributed by atoms with van der Waals surface area (Å²) >= 11 is 6.44. The maximum atomic E-state index is 14.2. The van der Waals surface area contributed by atoms with Crippen molar-refractivity contribution in [2.75, 3.05) is 17.9 Å². The molecule has 0 saturated carbocycles. The standard InChI is InChI=1S/C31H29ClFN3O4S/c1-34-31(38)29(20-23-10-4-2-5-11-23)35(21-24-12-8-9-15-28(24)32)30(37)22-36(26-18-16-25(33)17-19-26)41(39,40)27-13-6-3-7-14-27/h2-19,29H,20-22H2,1H3,(H,34,38)/t29-/m0/s1. The van der Waals surface area contributed by atoms with Gasteiger partial charge in [-0.25, -0.2) is 12.8 Å². The number of hydrogen-bond acceptors (Lipinski definition) is 4. The average molecular weight is 594 g/mol. The number of sulfonamides is 1. The maximum Gasteiger partial charge on any atom is 0.264 e. The lowest BCUT2D eigenvalue weighted by molar-refractivity contribution is -0.139. The van der Waals surface area contributed by atoms with Gasteiger partial charge in [0.15, 0.2) is 0 Å². The number of nitrogens with one attached hydrogen (secondary N) is 1. The number of hydrogen-bond donors (Lipinski definition) is 1. The van der Waals surface area contributed by atoms with Crippen LogP contribution in [-0.2, 0) is 32.6 Å². The van der Waals surface area contributed by atoms with Gasteiger partial charge in [-0.3, -0.25) is 13.9 Å². The Balaban J connectivity index is 1.78. The number of benzene rings is 4. The first kappa shape index (κ1) is 29.8. The van der Waals surface area contributed by atoms with Crippen molar-refractivity contribution >= 4 is 39.1 Å². The van der Waals surface area contributed by atoms with Gasteiger partial charge in [0, 0.05) is 25.0 Å². The smallest absolute Gasteiger partial charge is 0.264 e. The summed E-state index contributed by atoms with van der Waals surface area (Å²) in [7, 11) is -2.77. The summed E-state index contributed by atoms with van der Waals surface area (Å²) in [6.07, 6.45) is 0.179. The molecule has 0 aliphatic carbocycles. The second kappa shape index (κ2) is 13.4. The third-order valence-electron chi connectivity index (χ3n) is 6.54. The first-order valence-electron chi connectivity index (χ1n) is 12.8. The van der Waals surface area contributed by atoms with Crippen molar-refractivity contribution in [2.24, 2.45) is 0 Å². The predicted molar refractivity (Wildman–Crippen MR) is 157 cm³/mol. The molecule has 0 radical (unpaired) electrons. The largest absolute Gasteiger partial charge is 0.357 e. The van der Waals surface area contributed by atoms with Crippen molar-refractivity contribution in [3.63, 3.8) is 0 Å². The number of rotatable bonds is 11. The maximum absolute atomic E-state index is 14.2. The van der Waals surface area contributed by atoms with Crippen LogP contribution in [0.4, 0.5) is 10.1 Å². The monoisotopic (exact) mass is 593 g/mol. The van der Waals surface area contributed by atoms with Crippen LogP contribution in [0.25, 0.3) is 0 Å². The van der Waals surface area contributed by atoms with Gasteiger partial charge in [-0.05, 0) is 53.6 Å². The summed E-state index contributed by atoms with van der Waals surface area (Å²) in [5.74, 6) is -1.62. The number of likely N-dealkylation sites (N-methyl/N-ethyl adjacent to an activating group) is 1. The van der Waals surface area contributed by atoms with Crippen LogP contribution in [0.3, 0.4) is 0 Å². The predicted octanol–water partition coefficient (Wildman–Crippen LogP) is 5.06. The Bertz CT molecular complexity index is 1590. The van der Waals surface area contributed by atoms with Crippen molar-refractivity contribution in [3.8, 4) is 0 Å². The van der Waals surface area contributed by atoms with Crippen LogP contribution in [0.1, 0.15) is 11.1 Å². The summed E-state index contributed by atoms with van der Waals surface area (Å²) in [6.45, 7) is -0.693. The number of nitrogens with zero attached hydrogens (tertiary/aromatic N) is 2. The fourth-order valence-corrected chi connectivity index (χ4v) is 6.02. The van der Waals surface area contributed by atoms with E-state index in [0.717, 1.165) is 22.0 Å². The minimum atomic E-state index is -4.25. The van der Waals surface area contributed by atoms with Crippen LogP contribution in [0, 0.1) is 5.82 Å². The molecule has 1 atom stereocenters. The molecule has 0 fully saturated rings. The topological polar surface area (TPSA) is 86.8 Å². The zero-order valence-corrected chi connectivity index (χ0v) is 23.9. The Morgan fingerprint density at radius 2 is 1.44 bits per heavy atom. The van der Waals surface area contributed by atoms with Gasteiger partial charge >= 0.3 is 0 Å². The zero-order chi connectivity index (χ0) is 29.4. The molecular formula is C31H29ClFN3O4S. The Kier molecular flexibility index (Phi) is 9.75. The molecule has 0 unspecified atom stereocenters. The van der Waals surface area contributed by atoms with E-state index in [1.165, 1.54) is 36.2 Å². The molecule has 4 rings (SSSR count). The van der Waals surface area contributed by atoms with Crippen LogP contribution in [0.15, 0.2) is 114 Å². The van der Waals surface area contributed by atoms with Crippen molar-refractivity contribution in [1.29, 1.82) is 0 Å². The Labute approximate surface area is 244 Å². The first-order valence-corrected chi connectivity index (χ1v) is 14.6. The summed E-state index contributed by atoms with van der Waals surface area (Å²) in [4.78, 5) is 28.7. The Morgan fingerprint density at radius 1 is 0.854 bits per heavy atom. The minimum Gasteiger partial charge on any atom is -0.357 e. The van der Waals surface area contributed by atoms with Gasteiger partial charge in [0.2, 0.25) is 11.8 Å². The van der Waals surface area contributed by atoms with Gasteiger partial charge in [0.05, 0.1) is 10.6 Å². The van der Waals surface area contributed by atoms with Crippen molar-refractivity contribution in [2.45, 2.75) is 23.9 Å². The molecule has 2 amide bonds. The van der Waals surface area contributed by atoms with Crippen LogP contribution in [-0.4, -0.2) is 44.8 Å². The number of carbonyl (C=O) groups is 2. The summed E-state index contributed by atoms with van der Waals surface area (Å²) in [6, 6.07) is 27.6. The average Bonchev–Trinajstić information content (AvgIpc) is 2.99. The van der Waals surface area contributed by atoms with Gasteiger partial charge in [0.1, 0.15) is 18.4 Å². The van der Waals surface area contributed by atoms with E-state index in [9.17, 15) is 22.4 Å². The number of amides is 2. The van der Waals surface area contributed by atoms with Crippen molar-refractivity contribution in [3.05, 3.63) is 131 Å². The first-order chi connectivity index (χ1) is 19.7. The van der Waals surface area contributed by atoms with Gasteiger partial charge in [-0.2, -0.15) is 0 Å². The van der Waals surface area contributed by atoms with E-state index < -0.39 is 40.2 Å². The summed E-state index contributed by atoms with van der Waals surface area (Å²) < 4.78 is 42.3. The molecule has 0 aromatic heterocycles. The molecule has 0 bridgehead atoms. The van der Waals surface area contributed by atoms with E-state index in [1.54, 1.807) is 42.5 Å². The molecule has 4 aromatic carbocycles. The zero-order valence-electron chi connectivity index (χ0n) is 22.3. The Morgan fingerprint density at radius 3 is 2.05 bits per heavy atom. The molecule has 0 aliphatic rings. The van der Waals surface area contributed by atoms with E-state index in [1.807, 2.05) is 30.3 Å². The SMILES string of the molecule is CNC(=O)[C@H](Cc1ccccc1)N(Cc1ccccc1Cl)C(=O)CN(c1ccc(F)cc1)S(=O)(=O)c1ccccc1. The molecule has 0 aliphatic heterocycles. The van der Waals surface area contributed by atoms with Crippen LogP contribution in [0.5, 0.6) is 0 Å². The van der Waals surface area contributed by atoms with Gasteiger partial charge in [-0.15, -0.1) is 0 Å². The van der Waals surface area contributed by atoms with E-state index in [4.69, 9.17) is 11.6 Å². The van der Waals surface area contributed by atoms with E-state index in [-0.39, 0.29) is 23.5 Å². The fraction of sp³-hybridized carbons (Fsp3) is 0.161. The molecule has 0 spiro atoms. The molecule has 10 heteroatoms. The van der Waals surface area contributed by atoms with E-state index in [0.29, 0.717) is 10.6 Å². The molecule has 0 saturated heterocycles.